The average molecular weight is 420 g/mol. The van der Waals surface area contributed by atoms with Crippen molar-refractivity contribution in [1.29, 1.82) is 0 Å². The van der Waals surface area contributed by atoms with Crippen LogP contribution in [-0.4, -0.2) is 28.6 Å². The maximum absolute atomic E-state index is 13.1. The number of benzene rings is 2. The van der Waals surface area contributed by atoms with E-state index in [0.717, 1.165) is 4.90 Å². The number of oxime groups is 1. The van der Waals surface area contributed by atoms with Gasteiger partial charge in [-0.05, 0) is 24.6 Å². The lowest BCUT2D eigenvalue weighted by Gasteiger charge is -2.17. The number of fused-ring (bicyclic) bond motifs is 1. The number of non-ortho nitro benzene ring substituents is 1. The summed E-state index contributed by atoms with van der Waals surface area (Å²) < 4.78 is 0. The smallest absolute Gasteiger partial charge is 0.278 e. The van der Waals surface area contributed by atoms with Gasteiger partial charge < -0.3 is 4.84 Å². The molecule has 0 bridgehead atoms. The molecule has 0 spiro atoms. The van der Waals surface area contributed by atoms with Gasteiger partial charge in [0.25, 0.3) is 11.6 Å². The molecule has 2 aromatic carbocycles. The SMILES string of the molecule is Cc1ccc([N+](=O)[O-])cc1N1C(=O)C2ON=C(c3ccc(Cl)cc3Cl)C2C1=O. The van der Waals surface area contributed by atoms with Crippen LogP contribution in [0, 0.1) is 23.0 Å². The van der Waals surface area contributed by atoms with E-state index in [-0.39, 0.29) is 22.1 Å². The fourth-order valence-electron chi connectivity index (χ4n) is 3.29. The number of hydrogen-bond acceptors (Lipinski definition) is 6. The van der Waals surface area contributed by atoms with E-state index in [2.05, 4.69) is 5.16 Å². The summed E-state index contributed by atoms with van der Waals surface area (Å²) in [7, 11) is 0. The third-order valence-electron chi connectivity index (χ3n) is 4.66. The number of nitro benzene ring substituents is 1. The van der Waals surface area contributed by atoms with Crippen molar-refractivity contribution in [3.63, 3.8) is 0 Å². The minimum absolute atomic E-state index is 0.142. The molecule has 10 heteroatoms. The van der Waals surface area contributed by atoms with E-state index in [1.807, 2.05) is 0 Å². The van der Waals surface area contributed by atoms with Gasteiger partial charge in [0.2, 0.25) is 12.0 Å². The lowest BCUT2D eigenvalue weighted by molar-refractivity contribution is -0.384. The van der Waals surface area contributed by atoms with Gasteiger partial charge in [0, 0.05) is 22.7 Å². The molecule has 4 rings (SSSR count). The summed E-state index contributed by atoms with van der Waals surface area (Å²) in [6.07, 6.45) is -1.15. The third-order valence-corrected chi connectivity index (χ3v) is 5.21. The molecule has 0 radical (unpaired) electrons. The number of anilines is 1. The van der Waals surface area contributed by atoms with Gasteiger partial charge in [-0.1, -0.05) is 40.5 Å². The first-order chi connectivity index (χ1) is 13.3. The highest BCUT2D eigenvalue weighted by Crippen LogP contribution is 2.38. The van der Waals surface area contributed by atoms with Gasteiger partial charge in [0.15, 0.2) is 0 Å². The molecule has 2 aliphatic heterocycles. The summed E-state index contributed by atoms with van der Waals surface area (Å²) in [6.45, 7) is 1.65. The Bertz CT molecular complexity index is 1080. The van der Waals surface area contributed by atoms with E-state index < -0.39 is 28.8 Å². The normalized spacial score (nSPS) is 20.8. The van der Waals surface area contributed by atoms with Crippen LogP contribution in [0.3, 0.4) is 0 Å². The summed E-state index contributed by atoms with van der Waals surface area (Å²) in [6, 6.07) is 8.66. The second-order valence-electron chi connectivity index (χ2n) is 6.34. The molecule has 2 aromatic rings. The first-order valence-corrected chi connectivity index (χ1v) is 8.87. The minimum atomic E-state index is -1.15. The maximum atomic E-state index is 13.1. The van der Waals surface area contributed by atoms with Gasteiger partial charge in [0.1, 0.15) is 11.6 Å². The van der Waals surface area contributed by atoms with Crippen molar-refractivity contribution in [2.45, 2.75) is 13.0 Å². The number of aryl methyl sites for hydroxylation is 1. The van der Waals surface area contributed by atoms with Crippen LogP contribution in [-0.2, 0) is 14.4 Å². The summed E-state index contributed by atoms with van der Waals surface area (Å²) in [5.74, 6) is -2.21. The van der Waals surface area contributed by atoms with Gasteiger partial charge >= 0.3 is 0 Å². The highest BCUT2D eigenvalue weighted by Gasteiger charge is 2.56. The number of halogens is 2. The molecule has 28 heavy (non-hydrogen) atoms. The van der Waals surface area contributed by atoms with Crippen molar-refractivity contribution < 1.29 is 19.3 Å². The fourth-order valence-corrected chi connectivity index (χ4v) is 3.79. The third kappa shape index (κ3) is 2.73. The summed E-state index contributed by atoms with van der Waals surface area (Å²) >= 11 is 12.1. The molecule has 8 nitrogen and oxygen atoms in total. The number of amides is 2. The van der Waals surface area contributed by atoms with E-state index in [1.165, 1.54) is 24.3 Å². The number of imide groups is 1. The molecule has 2 heterocycles. The highest BCUT2D eigenvalue weighted by molar-refractivity contribution is 6.39. The molecule has 0 N–H and O–H groups in total. The number of nitrogens with zero attached hydrogens (tertiary/aromatic N) is 3. The molecule has 0 aromatic heterocycles. The predicted octanol–water partition coefficient (Wildman–Crippen LogP) is 3.50. The van der Waals surface area contributed by atoms with Crippen LogP contribution in [0.1, 0.15) is 11.1 Å². The molecule has 2 amide bonds. The van der Waals surface area contributed by atoms with Crippen molar-refractivity contribution in [1.82, 2.24) is 0 Å². The number of rotatable bonds is 3. The molecule has 2 atom stereocenters. The zero-order valence-corrected chi connectivity index (χ0v) is 15.8. The van der Waals surface area contributed by atoms with E-state index >= 15 is 0 Å². The van der Waals surface area contributed by atoms with Crippen LogP contribution in [0.25, 0.3) is 0 Å². The summed E-state index contributed by atoms with van der Waals surface area (Å²) in [5.41, 5.74) is 1.10. The number of carbonyl (C=O) groups is 2. The Morgan fingerprint density at radius 1 is 1.14 bits per heavy atom. The van der Waals surface area contributed by atoms with E-state index in [9.17, 15) is 19.7 Å². The maximum Gasteiger partial charge on any atom is 0.278 e. The lowest BCUT2D eigenvalue weighted by atomic mass is 9.94. The molecule has 1 saturated heterocycles. The van der Waals surface area contributed by atoms with Crippen molar-refractivity contribution in [3.8, 4) is 0 Å². The summed E-state index contributed by atoms with van der Waals surface area (Å²) in [5, 5.41) is 15.7. The Morgan fingerprint density at radius 2 is 1.89 bits per heavy atom. The van der Waals surface area contributed by atoms with Crippen LogP contribution in [0.5, 0.6) is 0 Å². The van der Waals surface area contributed by atoms with Crippen LogP contribution in [0.4, 0.5) is 11.4 Å². The predicted molar refractivity (Wildman–Crippen MR) is 102 cm³/mol. The van der Waals surface area contributed by atoms with Crippen LogP contribution in [0.15, 0.2) is 41.6 Å². The quantitative estimate of drug-likeness (QED) is 0.430. The number of hydrogen-bond donors (Lipinski definition) is 0. The van der Waals surface area contributed by atoms with Gasteiger partial charge in [-0.25, -0.2) is 4.90 Å². The van der Waals surface area contributed by atoms with Crippen molar-refractivity contribution >= 4 is 52.1 Å². The zero-order valence-electron chi connectivity index (χ0n) is 14.3. The molecule has 142 valence electrons. The van der Waals surface area contributed by atoms with Crippen LogP contribution < -0.4 is 4.90 Å². The average Bonchev–Trinajstić information content (AvgIpc) is 3.16. The largest absolute Gasteiger partial charge is 0.381 e. The van der Waals surface area contributed by atoms with E-state index in [0.29, 0.717) is 16.1 Å². The highest BCUT2D eigenvalue weighted by atomic mass is 35.5. The first-order valence-electron chi connectivity index (χ1n) is 8.11. The van der Waals surface area contributed by atoms with Gasteiger partial charge in [-0.3, -0.25) is 19.7 Å². The second-order valence-corrected chi connectivity index (χ2v) is 7.19. The first kappa shape index (κ1) is 18.4. The fraction of sp³-hybridized carbons (Fsp3) is 0.167. The molecule has 0 saturated carbocycles. The zero-order chi connectivity index (χ0) is 20.2. The number of carbonyl (C=O) groups excluding carboxylic acids is 2. The van der Waals surface area contributed by atoms with Crippen molar-refractivity contribution in [3.05, 3.63) is 67.7 Å². The Hall–Kier alpha value is -2.97. The Balaban J connectivity index is 1.75. The Labute approximate surface area is 168 Å². The van der Waals surface area contributed by atoms with Crippen LogP contribution >= 0.6 is 23.2 Å². The topological polar surface area (TPSA) is 102 Å². The number of nitro groups is 1. The summed E-state index contributed by atoms with van der Waals surface area (Å²) in [4.78, 5) is 42.6. The molecule has 2 unspecified atom stereocenters. The van der Waals surface area contributed by atoms with Gasteiger partial charge in [0.05, 0.1) is 15.6 Å². The van der Waals surface area contributed by atoms with Gasteiger partial charge in [-0.15, -0.1) is 0 Å². The van der Waals surface area contributed by atoms with E-state index in [1.54, 1.807) is 19.1 Å². The monoisotopic (exact) mass is 419 g/mol. The Morgan fingerprint density at radius 3 is 2.57 bits per heavy atom. The van der Waals surface area contributed by atoms with Gasteiger partial charge in [-0.2, -0.15) is 0 Å². The standard InChI is InChI=1S/C18H11Cl2N3O5/c1-8-2-4-10(23(26)27)7-13(8)22-17(24)14-15(21-28-16(14)18(22)25)11-5-3-9(19)6-12(11)20/h2-7,14,16H,1H3. The van der Waals surface area contributed by atoms with E-state index in [4.69, 9.17) is 28.0 Å². The lowest BCUT2D eigenvalue weighted by Crippen LogP contribution is -2.33. The van der Waals surface area contributed by atoms with Crippen molar-refractivity contribution in [2.75, 3.05) is 4.90 Å². The molecular formula is C18H11Cl2N3O5. The molecule has 2 aliphatic rings. The molecule has 0 aliphatic carbocycles. The molecular weight excluding hydrogens is 409 g/mol. The van der Waals surface area contributed by atoms with Crippen molar-refractivity contribution in [2.24, 2.45) is 11.1 Å². The van der Waals surface area contributed by atoms with Crippen LogP contribution in [0.2, 0.25) is 10.0 Å². The Kier molecular flexibility index (Phi) is 4.32. The second kappa shape index (κ2) is 6.57. The molecule has 1 fully saturated rings. The minimum Gasteiger partial charge on any atom is -0.381 e.